The Morgan fingerprint density at radius 2 is 2.09 bits per heavy atom. The fourth-order valence-corrected chi connectivity index (χ4v) is 5.62. The van der Waals surface area contributed by atoms with Gasteiger partial charge in [-0.25, -0.2) is 8.42 Å². The second-order valence-electron chi connectivity index (χ2n) is 8.42. The summed E-state index contributed by atoms with van der Waals surface area (Å²) in [5.41, 5.74) is 1.56. The molecule has 5 nitrogen and oxygen atoms in total. The van der Waals surface area contributed by atoms with Crippen LogP contribution < -0.4 is 0 Å². The Morgan fingerprint density at radius 3 is 2.74 bits per heavy atom. The smallest absolute Gasteiger partial charge is 0.152 e. The van der Waals surface area contributed by atoms with Crippen molar-refractivity contribution in [2.24, 2.45) is 5.41 Å². The third kappa shape index (κ3) is 4.35. The lowest BCUT2D eigenvalue weighted by Crippen LogP contribution is -2.32. The lowest BCUT2D eigenvalue weighted by molar-refractivity contribution is 0.185. The third-order valence-corrected chi connectivity index (χ3v) is 6.72. The maximum absolute atomic E-state index is 11.6. The predicted molar refractivity (Wildman–Crippen MR) is 92.0 cm³/mol. The molecule has 0 amide bonds. The van der Waals surface area contributed by atoms with Gasteiger partial charge in [-0.05, 0) is 37.6 Å². The molecule has 0 aromatic carbocycles. The van der Waals surface area contributed by atoms with Crippen LogP contribution in [0.25, 0.3) is 0 Å². The van der Waals surface area contributed by atoms with Gasteiger partial charge in [0.15, 0.2) is 9.84 Å². The molecule has 0 spiro atoms. The molecule has 1 aromatic rings. The Bertz CT molecular complexity index is 645. The summed E-state index contributed by atoms with van der Waals surface area (Å²) in [6, 6.07) is 0.683. The van der Waals surface area contributed by atoms with Gasteiger partial charge in [-0.3, -0.25) is 9.58 Å². The highest BCUT2D eigenvalue weighted by Crippen LogP contribution is 2.31. The van der Waals surface area contributed by atoms with Crippen molar-refractivity contribution in [1.82, 2.24) is 14.7 Å². The van der Waals surface area contributed by atoms with Crippen LogP contribution >= 0.6 is 0 Å². The van der Waals surface area contributed by atoms with Crippen LogP contribution in [0, 0.1) is 5.41 Å². The topological polar surface area (TPSA) is 55.2 Å². The molecule has 0 saturated carbocycles. The zero-order valence-electron chi connectivity index (χ0n) is 14.5. The molecule has 0 unspecified atom stereocenters. The molecule has 0 N–H and O–H groups in total. The molecule has 0 radical (unpaired) electrons. The fourth-order valence-electron chi connectivity index (χ4n) is 3.92. The van der Waals surface area contributed by atoms with Crippen molar-refractivity contribution in [2.75, 3.05) is 18.1 Å². The van der Waals surface area contributed by atoms with E-state index in [4.69, 9.17) is 0 Å². The minimum absolute atomic E-state index is 0.0256. The van der Waals surface area contributed by atoms with Crippen LogP contribution in [0.1, 0.15) is 58.1 Å². The van der Waals surface area contributed by atoms with E-state index in [-0.39, 0.29) is 11.8 Å². The van der Waals surface area contributed by atoms with E-state index in [9.17, 15) is 8.42 Å². The number of rotatable bonds is 4. The fraction of sp³-hybridized carbons (Fsp3) is 0.824. The third-order valence-electron chi connectivity index (χ3n) is 4.97. The first-order valence-electron chi connectivity index (χ1n) is 8.69. The van der Waals surface area contributed by atoms with Gasteiger partial charge in [0.25, 0.3) is 0 Å². The van der Waals surface area contributed by atoms with Crippen LogP contribution in [0.2, 0.25) is 0 Å². The van der Waals surface area contributed by atoms with Gasteiger partial charge in [-0.1, -0.05) is 20.8 Å². The van der Waals surface area contributed by atoms with Crippen LogP contribution in [0.3, 0.4) is 0 Å². The average Bonchev–Trinajstić information content (AvgIpc) is 3.10. The molecule has 2 atom stereocenters. The van der Waals surface area contributed by atoms with Gasteiger partial charge >= 0.3 is 0 Å². The number of hydrogen-bond donors (Lipinski definition) is 0. The van der Waals surface area contributed by atoms with E-state index in [2.05, 4.69) is 37.0 Å². The first kappa shape index (κ1) is 17.0. The number of aromatic nitrogens is 2. The highest BCUT2D eigenvalue weighted by molar-refractivity contribution is 7.91. The summed E-state index contributed by atoms with van der Waals surface area (Å²) in [4.78, 5) is 2.57. The quantitative estimate of drug-likeness (QED) is 0.846. The summed E-state index contributed by atoms with van der Waals surface area (Å²) in [6.45, 7) is 9.01. The highest BCUT2D eigenvalue weighted by atomic mass is 32.2. The molecule has 0 bridgehead atoms. The van der Waals surface area contributed by atoms with E-state index < -0.39 is 9.84 Å². The van der Waals surface area contributed by atoms with Crippen LogP contribution in [0.5, 0.6) is 0 Å². The highest BCUT2D eigenvalue weighted by Gasteiger charge is 2.31. The second-order valence-corrected chi connectivity index (χ2v) is 10.6. The predicted octanol–water partition coefficient (Wildman–Crippen LogP) is 2.64. The zero-order chi connectivity index (χ0) is 16.7. The molecule has 6 heteroatoms. The van der Waals surface area contributed by atoms with Crippen LogP contribution in [-0.2, 0) is 16.4 Å². The molecule has 23 heavy (non-hydrogen) atoms. The molecule has 2 aliphatic heterocycles. The second kappa shape index (κ2) is 6.20. The lowest BCUT2D eigenvalue weighted by Gasteiger charge is -2.30. The maximum Gasteiger partial charge on any atom is 0.152 e. The minimum Gasteiger partial charge on any atom is -0.296 e. The van der Waals surface area contributed by atoms with Crippen molar-refractivity contribution in [2.45, 2.75) is 65.1 Å². The van der Waals surface area contributed by atoms with Gasteiger partial charge in [0, 0.05) is 24.3 Å². The number of sulfone groups is 1. The van der Waals surface area contributed by atoms with Gasteiger partial charge in [0.1, 0.15) is 0 Å². The molecule has 130 valence electrons. The molecular weight excluding hydrogens is 310 g/mol. The lowest BCUT2D eigenvalue weighted by atomic mass is 9.87. The molecule has 2 aliphatic rings. The Labute approximate surface area is 140 Å². The maximum atomic E-state index is 11.6. The summed E-state index contributed by atoms with van der Waals surface area (Å²) in [7, 11) is -2.86. The molecule has 0 aliphatic carbocycles. The van der Waals surface area contributed by atoms with E-state index in [0.717, 1.165) is 13.1 Å². The molecule has 3 rings (SSSR count). The van der Waals surface area contributed by atoms with Crippen LogP contribution in [0.15, 0.2) is 12.4 Å². The Morgan fingerprint density at radius 1 is 1.30 bits per heavy atom. The summed E-state index contributed by atoms with van der Waals surface area (Å²) in [5, 5.41) is 4.43. The van der Waals surface area contributed by atoms with Gasteiger partial charge in [-0.2, -0.15) is 5.10 Å². The number of hydrogen-bond acceptors (Lipinski definition) is 4. The largest absolute Gasteiger partial charge is 0.296 e. The van der Waals surface area contributed by atoms with Crippen molar-refractivity contribution in [3.05, 3.63) is 18.0 Å². The Hall–Kier alpha value is -0.880. The van der Waals surface area contributed by atoms with E-state index in [1.807, 2.05) is 10.9 Å². The number of likely N-dealkylation sites (tertiary alicyclic amines) is 1. The standard InChI is InChI=1S/C17H29N3O2S/c1-17(2,3)9-15-5-4-7-19(15)11-14-10-18-20(12-14)16-6-8-23(21,22)13-16/h10,12,15-16H,4-9,11,13H2,1-3H3/t15-,16+/m0/s1. The van der Waals surface area contributed by atoms with Crippen molar-refractivity contribution in [3.8, 4) is 0 Å². The van der Waals surface area contributed by atoms with Gasteiger partial charge in [0.05, 0.1) is 23.7 Å². The normalized spacial score (nSPS) is 28.5. The SMILES string of the molecule is CC(C)(C)C[C@@H]1CCCN1Cc1cnn([C@@H]2CCS(=O)(=O)C2)c1. The van der Waals surface area contributed by atoms with Crippen molar-refractivity contribution < 1.29 is 8.42 Å². The molecule has 1 aromatic heterocycles. The van der Waals surface area contributed by atoms with Gasteiger partial charge in [-0.15, -0.1) is 0 Å². The van der Waals surface area contributed by atoms with Gasteiger partial charge < -0.3 is 0 Å². The van der Waals surface area contributed by atoms with Crippen LogP contribution in [0.4, 0.5) is 0 Å². The zero-order valence-corrected chi connectivity index (χ0v) is 15.3. The summed E-state index contributed by atoms with van der Waals surface area (Å²) in [5.74, 6) is 0.539. The Balaban J connectivity index is 1.63. The molecular formula is C17H29N3O2S. The molecule has 2 fully saturated rings. The number of nitrogens with zero attached hydrogens (tertiary/aromatic N) is 3. The minimum atomic E-state index is -2.86. The average molecular weight is 340 g/mol. The Kier molecular flexibility index (Phi) is 4.58. The first-order chi connectivity index (χ1) is 10.7. The monoisotopic (exact) mass is 339 g/mol. The summed E-state index contributed by atoms with van der Waals surface area (Å²) in [6.07, 6.45) is 8.44. The van der Waals surface area contributed by atoms with Crippen LogP contribution in [-0.4, -0.2) is 47.2 Å². The molecule has 3 heterocycles. The first-order valence-corrected chi connectivity index (χ1v) is 10.5. The molecule has 2 saturated heterocycles. The van der Waals surface area contributed by atoms with Crippen molar-refractivity contribution >= 4 is 9.84 Å². The van der Waals surface area contributed by atoms with E-state index in [0.29, 0.717) is 23.6 Å². The summed E-state index contributed by atoms with van der Waals surface area (Å²) >= 11 is 0. The van der Waals surface area contributed by atoms with Crippen molar-refractivity contribution in [3.63, 3.8) is 0 Å². The van der Waals surface area contributed by atoms with E-state index in [1.165, 1.54) is 24.8 Å². The summed E-state index contributed by atoms with van der Waals surface area (Å²) < 4.78 is 25.1. The van der Waals surface area contributed by atoms with E-state index in [1.54, 1.807) is 0 Å². The van der Waals surface area contributed by atoms with Crippen molar-refractivity contribution in [1.29, 1.82) is 0 Å². The van der Waals surface area contributed by atoms with Gasteiger partial charge in [0.2, 0.25) is 0 Å². The van der Waals surface area contributed by atoms with E-state index >= 15 is 0 Å².